The van der Waals surface area contributed by atoms with Crippen LogP contribution in [0.25, 0.3) is 11.1 Å². The molecule has 0 bridgehead atoms. The van der Waals surface area contributed by atoms with E-state index < -0.39 is 26.6 Å². The number of aryl methyl sites for hydroxylation is 1. The zero-order valence-corrected chi connectivity index (χ0v) is 29.3. The van der Waals surface area contributed by atoms with E-state index in [1.807, 2.05) is 16.3 Å². The Bertz CT molecular complexity index is 2160. The van der Waals surface area contributed by atoms with Crippen LogP contribution >= 0.6 is 38.6 Å². The number of thiophene rings is 2. The number of nitro groups is 1. The smallest absolute Gasteiger partial charge is 0.346 e. The highest BCUT2D eigenvalue weighted by Crippen LogP contribution is 2.43. The van der Waals surface area contributed by atoms with Gasteiger partial charge in [-0.3, -0.25) is 14.9 Å². The minimum absolute atomic E-state index is 0.0638. The van der Waals surface area contributed by atoms with Crippen LogP contribution in [0.15, 0.2) is 99.0 Å². The summed E-state index contributed by atoms with van der Waals surface area (Å²) in [6.45, 7) is 3.24. The van der Waals surface area contributed by atoms with Crippen LogP contribution < -0.4 is 9.21 Å². The lowest BCUT2D eigenvalue weighted by Gasteiger charge is -2.38. The van der Waals surface area contributed by atoms with Crippen LogP contribution in [0.4, 0.5) is 22.7 Å². The molecule has 0 spiro atoms. The second kappa shape index (κ2) is 13.5. The van der Waals surface area contributed by atoms with E-state index in [0.717, 1.165) is 20.1 Å². The number of carbonyl (C=O) groups is 2. The highest BCUT2D eigenvalue weighted by atomic mass is 79.9. The third-order valence-corrected chi connectivity index (χ3v) is 12.3. The summed E-state index contributed by atoms with van der Waals surface area (Å²) in [5.74, 6) is -1.23. The Kier molecular flexibility index (Phi) is 9.38. The van der Waals surface area contributed by atoms with Crippen molar-refractivity contribution in [2.45, 2.75) is 11.8 Å². The van der Waals surface area contributed by atoms with Crippen molar-refractivity contribution in [2.75, 3.05) is 35.4 Å². The van der Waals surface area contributed by atoms with Crippen LogP contribution in [0.3, 0.4) is 0 Å². The van der Waals surface area contributed by atoms with E-state index in [1.165, 1.54) is 47.7 Å². The Labute approximate surface area is 292 Å². The van der Waals surface area contributed by atoms with Gasteiger partial charge in [0.2, 0.25) is 0 Å². The number of hydrogen-bond donors (Lipinski definition) is 1. The number of piperazine rings is 1. The van der Waals surface area contributed by atoms with E-state index in [9.17, 15) is 33.2 Å². The van der Waals surface area contributed by atoms with Gasteiger partial charge in [0.1, 0.15) is 15.4 Å². The Hall–Kier alpha value is -4.57. The first-order chi connectivity index (χ1) is 23.0. The van der Waals surface area contributed by atoms with Crippen LogP contribution in [0.1, 0.15) is 24.9 Å². The normalized spacial score (nSPS) is 13.4. The Morgan fingerprint density at radius 2 is 1.54 bits per heavy atom. The second-order valence-electron chi connectivity index (χ2n) is 10.9. The molecule has 1 fully saturated rings. The highest BCUT2D eigenvalue weighted by Gasteiger charge is 2.35. The van der Waals surface area contributed by atoms with Gasteiger partial charge in [-0.05, 0) is 87.2 Å². The fraction of sp³-hybridized carbons (Fsp3) is 0.152. The predicted molar refractivity (Wildman–Crippen MR) is 190 cm³/mol. The zero-order chi connectivity index (χ0) is 34.2. The maximum Gasteiger partial charge on any atom is 0.346 e. The largest absolute Gasteiger partial charge is 0.477 e. The van der Waals surface area contributed by atoms with E-state index in [-0.39, 0.29) is 27.1 Å². The average Bonchev–Trinajstić information content (AvgIpc) is 3.74. The standard InChI is InChI=1S/C33H27BrN4O7S3/c1-21-18-22(24-10-16-46-30(24)33(40)41)20-23(19-21)48(44,45)37(28-8-4-5-9-29(28)38(42)43)27-7-3-2-6-26(27)35-12-14-36(15-13-35)32(39)31-25(34)11-17-47-31/h2-11,16-20H,12-15H2,1H3,(H,40,41). The number of sulfonamides is 1. The van der Waals surface area contributed by atoms with Crippen molar-refractivity contribution in [2.24, 2.45) is 0 Å². The minimum Gasteiger partial charge on any atom is -0.477 e. The molecule has 48 heavy (non-hydrogen) atoms. The van der Waals surface area contributed by atoms with Gasteiger partial charge in [0.25, 0.3) is 21.6 Å². The topological polar surface area (TPSA) is 141 Å². The van der Waals surface area contributed by atoms with Gasteiger partial charge in [-0.25, -0.2) is 17.5 Å². The van der Waals surface area contributed by atoms with Gasteiger partial charge >= 0.3 is 5.97 Å². The van der Waals surface area contributed by atoms with Gasteiger partial charge in [0.05, 0.1) is 21.2 Å². The van der Waals surface area contributed by atoms with Gasteiger partial charge in [-0.15, -0.1) is 22.7 Å². The van der Waals surface area contributed by atoms with E-state index in [1.54, 1.807) is 53.6 Å². The van der Waals surface area contributed by atoms with Gasteiger partial charge in [-0.2, -0.15) is 0 Å². The van der Waals surface area contributed by atoms with Crippen LogP contribution in [-0.2, 0) is 10.0 Å². The fourth-order valence-corrected chi connectivity index (χ4v) is 9.59. The summed E-state index contributed by atoms with van der Waals surface area (Å²) in [5.41, 5.74) is 1.46. The summed E-state index contributed by atoms with van der Waals surface area (Å²) in [4.78, 5) is 41.0. The number of para-hydroxylation sites is 4. The third-order valence-electron chi connectivity index (χ3n) is 7.88. The highest BCUT2D eigenvalue weighted by molar-refractivity contribution is 9.10. The molecule has 1 saturated heterocycles. The maximum atomic E-state index is 14.9. The first-order valence-electron chi connectivity index (χ1n) is 14.5. The van der Waals surface area contributed by atoms with Gasteiger partial charge in [0.15, 0.2) is 0 Å². The fourth-order valence-electron chi connectivity index (χ4n) is 5.68. The Morgan fingerprint density at radius 1 is 0.896 bits per heavy atom. The molecule has 2 aromatic heterocycles. The summed E-state index contributed by atoms with van der Waals surface area (Å²) >= 11 is 5.81. The van der Waals surface area contributed by atoms with Crippen molar-refractivity contribution in [1.29, 1.82) is 0 Å². The van der Waals surface area contributed by atoms with Crippen LogP contribution in [-0.4, -0.2) is 61.4 Å². The number of halogens is 1. The first-order valence-corrected chi connectivity index (χ1v) is 18.5. The Morgan fingerprint density at radius 3 is 2.21 bits per heavy atom. The number of amides is 1. The third kappa shape index (κ3) is 6.33. The summed E-state index contributed by atoms with van der Waals surface area (Å²) in [7, 11) is -4.56. The van der Waals surface area contributed by atoms with Crippen molar-refractivity contribution in [3.63, 3.8) is 0 Å². The van der Waals surface area contributed by atoms with Gasteiger partial charge in [0, 0.05) is 42.3 Å². The summed E-state index contributed by atoms with van der Waals surface area (Å²) in [5, 5.41) is 25.5. The summed E-state index contributed by atoms with van der Waals surface area (Å²) in [6, 6.07) is 20.4. The Balaban J connectivity index is 1.45. The van der Waals surface area contributed by atoms with E-state index in [4.69, 9.17) is 0 Å². The number of aromatic carboxylic acids is 1. The molecule has 0 atom stereocenters. The zero-order valence-electron chi connectivity index (χ0n) is 25.3. The van der Waals surface area contributed by atoms with Crippen LogP contribution in [0, 0.1) is 17.0 Å². The number of hydrogen-bond acceptors (Lipinski definition) is 9. The number of carbonyl (C=O) groups excluding carboxylic acids is 1. The number of carboxylic acid groups (broad SMARTS) is 1. The predicted octanol–water partition coefficient (Wildman–Crippen LogP) is 7.64. The van der Waals surface area contributed by atoms with Crippen molar-refractivity contribution >= 4 is 83.3 Å². The molecule has 1 aliphatic heterocycles. The monoisotopic (exact) mass is 766 g/mol. The molecule has 1 N–H and O–H groups in total. The van der Waals surface area contributed by atoms with Crippen molar-refractivity contribution in [3.8, 4) is 11.1 Å². The number of nitro benzene ring substituents is 1. The lowest BCUT2D eigenvalue weighted by atomic mass is 10.0. The van der Waals surface area contributed by atoms with Gasteiger partial charge in [-0.1, -0.05) is 30.3 Å². The number of anilines is 3. The molecule has 11 nitrogen and oxygen atoms in total. The molecule has 0 saturated carbocycles. The molecule has 0 aliphatic carbocycles. The lowest BCUT2D eigenvalue weighted by Crippen LogP contribution is -2.49. The molecule has 0 unspecified atom stereocenters. The van der Waals surface area contributed by atoms with Crippen molar-refractivity contribution < 1.29 is 28.0 Å². The minimum atomic E-state index is -4.56. The molecule has 3 aromatic carbocycles. The van der Waals surface area contributed by atoms with Crippen LogP contribution in [0.2, 0.25) is 0 Å². The number of benzene rings is 3. The molecule has 1 aliphatic rings. The molecule has 3 heterocycles. The van der Waals surface area contributed by atoms with Gasteiger partial charge < -0.3 is 14.9 Å². The molecule has 6 rings (SSSR count). The summed E-state index contributed by atoms with van der Waals surface area (Å²) < 4.78 is 31.4. The summed E-state index contributed by atoms with van der Waals surface area (Å²) in [6.07, 6.45) is 0. The molecule has 246 valence electrons. The molecular weight excluding hydrogens is 740 g/mol. The molecule has 15 heteroatoms. The van der Waals surface area contributed by atoms with Crippen molar-refractivity contribution in [1.82, 2.24) is 4.90 Å². The molecule has 0 radical (unpaired) electrons. The molecule has 1 amide bonds. The second-order valence-corrected chi connectivity index (χ2v) is 15.4. The lowest BCUT2D eigenvalue weighted by molar-refractivity contribution is -0.384. The van der Waals surface area contributed by atoms with E-state index in [0.29, 0.717) is 53.4 Å². The number of rotatable bonds is 9. The molecule has 5 aromatic rings. The first kappa shape index (κ1) is 33.3. The molecular formula is C33H27BrN4O7S3. The van der Waals surface area contributed by atoms with Crippen LogP contribution in [0.5, 0.6) is 0 Å². The quantitative estimate of drug-likeness (QED) is 0.119. The average molecular weight is 768 g/mol. The number of nitrogens with zero attached hydrogens (tertiary/aromatic N) is 4. The number of carboxylic acids is 1. The van der Waals surface area contributed by atoms with E-state index >= 15 is 0 Å². The van der Waals surface area contributed by atoms with Crippen molar-refractivity contribution in [3.05, 3.63) is 120 Å². The SMILES string of the molecule is Cc1cc(-c2ccsc2C(=O)O)cc(S(=O)(=O)N(c2ccccc2N2CCN(C(=O)c3sccc3Br)CC2)c2ccccc2[N+](=O)[O-])c1. The van der Waals surface area contributed by atoms with E-state index in [2.05, 4.69) is 15.9 Å². The maximum absolute atomic E-state index is 14.9.